The number of H-pyrrole nitrogens is 1. The summed E-state index contributed by atoms with van der Waals surface area (Å²) in [6, 6.07) is 0.251. The van der Waals surface area contributed by atoms with E-state index in [1.165, 1.54) is 0 Å². The van der Waals surface area contributed by atoms with Gasteiger partial charge in [-0.3, -0.25) is 9.89 Å². The predicted molar refractivity (Wildman–Crippen MR) is 58.9 cm³/mol. The van der Waals surface area contributed by atoms with Gasteiger partial charge in [-0.05, 0) is 12.8 Å². The first-order chi connectivity index (χ1) is 7.57. The zero-order valence-corrected chi connectivity index (χ0v) is 9.72. The van der Waals surface area contributed by atoms with Gasteiger partial charge in [-0.2, -0.15) is 0 Å². The van der Waals surface area contributed by atoms with Crippen LogP contribution in [-0.4, -0.2) is 18.2 Å². The number of hydrogen-bond acceptors (Lipinski definition) is 3. The number of aromatic nitrogens is 2. The Morgan fingerprint density at radius 3 is 2.50 bits per heavy atom. The number of nitrogens with zero attached hydrogens (tertiary/aromatic N) is 1. The Balaban J connectivity index is 2.04. The molecule has 6 heteroatoms. The smallest absolute Gasteiger partial charge is 0.271 e. The molecule has 3 rings (SSSR count). The molecular weight excluding hydrogens is 228 g/mol. The molecule has 2 aliphatic rings. The molecule has 0 saturated heterocycles. The van der Waals surface area contributed by atoms with Gasteiger partial charge in [-0.15, -0.1) is 0 Å². The van der Waals surface area contributed by atoms with E-state index in [1.54, 1.807) is 4.68 Å². The highest BCUT2D eigenvalue weighted by atomic mass is 32.2. The largest absolute Gasteiger partial charge is 0.298 e. The number of rotatable bonds is 1. The molecule has 0 aromatic carbocycles. The van der Waals surface area contributed by atoms with Crippen molar-refractivity contribution < 1.29 is 8.42 Å². The highest BCUT2D eigenvalue weighted by Crippen LogP contribution is 2.29. The Bertz CT molecular complexity index is 576. The van der Waals surface area contributed by atoms with Crippen molar-refractivity contribution in [3.63, 3.8) is 0 Å². The molecule has 1 aromatic rings. The molecule has 1 saturated carbocycles. The molecule has 1 aromatic heterocycles. The first-order valence-electron chi connectivity index (χ1n) is 5.59. The summed E-state index contributed by atoms with van der Waals surface area (Å²) in [4.78, 5) is 12.0. The van der Waals surface area contributed by atoms with Crippen LogP contribution in [0, 0.1) is 0 Å². The molecule has 5 nitrogen and oxygen atoms in total. The molecule has 0 atom stereocenters. The van der Waals surface area contributed by atoms with Crippen LogP contribution >= 0.6 is 0 Å². The van der Waals surface area contributed by atoms with Gasteiger partial charge in [0, 0.05) is 0 Å². The summed E-state index contributed by atoms with van der Waals surface area (Å²) in [5.41, 5.74) is 0.951. The summed E-state index contributed by atoms with van der Waals surface area (Å²) in [6.45, 7) is 0. The van der Waals surface area contributed by atoms with Crippen molar-refractivity contribution in [2.75, 3.05) is 0 Å². The van der Waals surface area contributed by atoms with Crippen LogP contribution in [0.15, 0.2) is 4.79 Å². The third kappa shape index (κ3) is 1.43. The molecule has 2 heterocycles. The highest BCUT2D eigenvalue weighted by Gasteiger charge is 2.32. The number of fused-ring (bicyclic) bond motifs is 1. The Morgan fingerprint density at radius 1 is 1.19 bits per heavy atom. The molecule has 1 aliphatic heterocycles. The average Bonchev–Trinajstić information content (AvgIpc) is 2.84. The molecule has 1 aliphatic carbocycles. The zero-order valence-electron chi connectivity index (χ0n) is 8.90. The highest BCUT2D eigenvalue weighted by molar-refractivity contribution is 7.90. The lowest BCUT2D eigenvalue weighted by Gasteiger charge is -2.09. The lowest BCUT2D eigenvalue weighted by atomic mass is 10.2. The first-order valence-corrected chi connectivity index (χ1v) is 7.42. The van der Waals surface area contributed by atoms with E-state index in [-0.39, 0.29) is 23.1 Å². The lowest BCUT2D eigenvalue weighted by Crippen LogP contribution is -2.23. The average molecular weight is 242 g/mol. The molecule has 0 unspecified atom stereocenters. The van der Waals surface area contributed by atoms with Crippen LogP contribution in [0.3, 0.4) is 0 Å². The topological polar surface area (TPSA) is 71.9 Å². The minimum atomic E-state index is -3.07. The normalized spacial score (nSPS) is 23.8. The van der Waals surface area contributed by atoms with Gasteiger partial charge in [-0.1, -0.05) is 12.8 Å². The summed E-state index contributed by atoms with van der Waals surface area (Å²) in [5, 5.41) is 2.98. The summed E-state index contributed by atoms with van der Waals surface area (Å²) in [7, 11) is -3.07. The minimum Gasteiger partial charge on any atom is -0.298 e. The van der Waals surface area contributed by atoms with Crippen LogP contribution < -0.4 is 5.56 Å². The van der Waals surface area contributed by atoms with Gasteiger partial charge >= 0.3 is 0 Å². The SMILES string of the molecule is O=c1c2c([nH]n1C1CCCC1)CS(=O)(=O)C2. The van der Waals surface area contributed by atoms with Crippen molar-refractivity contribution >= 4 is 9.84 Å². The lowest BCUT2D eigenvalue weighted by molar-refractivity contribution is 0.451. The molecular formula is C10H14N2O3S. The van der Waals surface area contributed by atoms with Gasteiger partial charge in [0.05, 0.1) is 28.8 Å². The molecule has 0 amide bonds. The maximum atomic E-state index is 12.0. The van der Waals surface area contributed by atoms with Crippen LogP contribution in [0.2, 0.25) is 0 Å². The Morgan fingerprint density at radius 2 is 1.88 bits per heavy atom. The quantitative estimate of drug-likeness (QED) is 0.788. The van der Waals surface area contributed by atoms with Crippen molar-refractivity contribution in [3.8, 4) is 0 Å². The van der Waals surface area contributed by atoms with Gasteiger partial charge in [0.1, 0.15) is 0 Å². The van der Waals surface area contributed by atoms with E-state index in [0.717, 1.165) is 25.7 Å². The van der Waals surface area contributed by atoms with E-state index < -0.39 is 9.84 Å². The van der Waals surface area contributed by atoms with Crippen LogP contribution in [0.25, 0.3) is 0 Å². The molecule has 0 radical (unpaired) electrons. The van der Waals surface area contributed by atoms with E-state index in [0.29, 0.717) is 11.3 Å². The van der Waals surface area contributed by atoms with Crippen molar-refractivity contribution in [2.45, 2.75) is 43.2 Å². The number of hydrogen-bond donors (Lipinski definition) is 1. The predicted octanol–water partition coefficient (Wildman–Crippen LogP) is 0.720. The van der Waals surface area contributed by atoms with Crippen LogP contribution in [0.5, 0.6) is 0 Å². The standard InChI is InChI=1S/C10H14N2O3S/c13-10-8-5-16(14,15)6-9(8)11-12(10)7-3-1-2-4-7/h7,11H,1-6H2. The second kappa shape index (κ2) is 3.23. The second-order valence-electron chi connectivity index (χ2n) is 4.71. The number of nitrogens with one attached hydrogen (secondary N) is 1. The molecule has 0 spiro atoms. The number of sulfone groups is 1. The fourth-order valence-corrected chi connectivity index (χ4v) is 4.23. The van der Waals surface area contributed by atoms with E-state index in [4.69, 9.17) is 0 Å². The minimum absolute atomic E-state index is 0.00269. The summed E-state index contributed by atoms with van der Waals surface area (Å²) < 4.78 is 24.4. The summed E-state index contributed by atoms with van der Waals surface area (Å²) in [5.74, 6) is -0.0886. The van der Waals surface area contributed by atoms with Gasteiger partial charge in [0.25, 0.3) is 5.56 Å². The van der Waals surface area contributed by atoms with Crippen LogP contribution in [0.4, 0.5) is 0 Å². The van der Waals surface area contributed by atoms with E-state index in [2.05, 4.69) is 5.10 Å². The Hall–Kier alpha value is -1.04. The van der Waals surface area contributed by atoms with Crippen LogP contribution in [-0.2, 0) is 21.3 Å². The molecule has 1 N–H and O–H groups in total. The maximum Gasteiger partial charge on any atom is 0.271 e. The van der Waals surface area contributed by atoms with Crippen LogP contribution in [0.1, 0.15) is 43.0 Å². The van der Waals surface area contributed by atoms with E-state index in [9.17, 15) is 13.2 Å². The van der Waals surface area contributed by atoms with Crippen molar-refractivity contribution in [3.05, 3.63) is 21.6 Å². The molecule has 1 fully saturated rings. The molecule has 0 bridgehead atoms. The van der Waals surface area contributed by atoms with Crippen molar-refractivity contribution in [1.82, 2.24) is 9.78 Å². The fraction of sp³-hybridized carbons (Fsp3) is 0.700. The summed E-state index contributed by atoms with van der Waals surface area (Å²) >= 11 is 0. The molecule has 16 heavy (non-hydrogen) atoms. The zero-order chi connectivity index (χ0) is 11.3. The third-order valence-electron chi connectivity index (χ3n) is 3.51. The van der Waals surface area contributed by atoms with Gasteiger partial charge < -0.3 is 0 Å². The monoisotopic (exact) mass is 242 g/mol. The number of aromatic amines is 1. The van der Waals surface area contributed by atoms with Crippen molar-refractivity contribution in [1.29, 1.82) is 0 Å². The Kier molecular flexibility index (Phi) is 2.04. The molecule has 88 valence electrons. The second-order valence-corrected chi connectivity index (χ2v) is 6.78. The van der Waals surface area contributed by atoms with Gasteiger partial charge in [-0.25, -0.2) is 13.1 Å². The third-order valence-corrected chi connectivity index (χ3v) is 4.97. The summed E-state index contributed by atoms with van der Waals surface area (Å²) in [6.07, 6.45) is 4.34. The van der Waals surface area contributed by atoms with Gasteiger partial charge in [0.15, 0.2) is 9.84 Å². The van der Waals surface area contributed by atoms with E-state index in [1.807, 2.05) is 0 Å². The van der Waals surface area contributed by atoms with Gasteiger partial charge in [0.2, 0.25) is 0 Å². The van der Waals surface area contributed by atoms with E-state index >= 15 is 0 Å². The first kappa shape index (κ1) is 10.1. The maximum absolute atomic E-state index is 12.0. The van der Waals surface area contributed by atoms with Crippen molar-refractivity contribution in [2.24, 2.45) is 0 Å². The Labute approximate surface area is 93.4 Å². The fourth-order valence-electron chi connectivity index (χ4n) is 2.72.